The number of hydrogen-bond acceptors (Lipinski definition) is 1. The third kappa shape index (κ3) is 4.53. The van der Waals surface area contributed by atoms with E-state index in [1.54, 1.807) is 0 Å². The van der Waals surface area contributed by atoms with E-state index in [9.17, 15) is 26.3 Å². The first-order valence-electron chi connectivity index (χ1n) is 11.2. The second-order valence-electron chi connectivity index (χ2n) is 8.60. The lowest BCUT2D eigenvalue weighted by molar-refractivity contribution is -0.138. The monoisotopic (exact) mass is 495 g/mol. The fourth-order valence-corrected chi connectivity index (χ4v) is 4.65. The van der Waals surface area contributed by atoms with Gasteiger partial charge >= 0.3 is 12.4 Å². The summed E-state index contributed by atoms with van der Waals surface area (Å²) in [6.45, 7) is 0. The lowest BCUT2D eigenvalue weighted by Crippen LogP contribution is -2.24. The van der Waals surface area contributed by atoms with Crippen molar-refractivity contribution in [2.75, 3.05) is 0 Å². The fraction of sp³-hybridized carbons (Fsp3) is 0.138. The number of halogens is 6. The highest BCUT2D eigenvalue weighted by Crippen LogP contribution is 2.46. The SMILES string of the molecule is FC(F)(F)c1ccc(C2=N[C@@H](c3ccccc3)[C@@H](c3ccccc3)c3cc(C(F)(F)F)ccc32)cc1. The van der Waals surface area contributed by atoms with Crippen molar-refractivity contribution in [3.63, 3.8) is 0 Å². The topological polar surface area (TPSA) is 12.4 Å². The highest BCUT2D eigenvalue weighted by atomic mass is 19.4. The van der Waals surface area contributed by atoms with Crippen molar-refractivity contribution in [2.45, 2.75) is 24.3 Å². The molecule has 0 radical (unpaired) electrons. The molecule has 0 saturated heterocycles. The molecule has 0 saturated carbocycles. The Labute approximate surface area is 203 Å². The Morgan fingerprint density at radius 2 is 1.08 bits per heavy atom. The smallest absolute Gasteiger partial charge is 0.275 e. The molecule has 1 heterocycles. The maximum Gasteiger partial charge on any atom is 0.416 e. The summed E-state index contributed by atoms with van der Waals surface area (Å²) in [5, 5.41) is 0. The van der Waals surface area contributed by atoms with E-state index in [1.807, 2.05) is 60.7 Å². The zero-order valence-electron chi connectivity index (χ0n) is 18.7. The molecule has 36 heavy (non-hydrogen) atoms. The first-order valence-corrected chi connectivity index (χ1v) is 11.2. The van der Waals surface area contributed by atoms with Crippen molar-refractivity contribution in [3.8, 4) is 0 Å². The Morgan fingerprint density at radius 3 is 1.64 bits per heavy atom. The predicted molar refractivity (Wildman–Crippen MR) is 126 cm³/mol. The Bertz CT molecular complexity index is 1390. The van der Waals surface area contributed by atoms with E-state index in [0.29, 0.717) is 22.4 Å². The molecule has 0 aliphatic carbocycles. The second-order valence-corrected chi connectivity index (χ2v) is 8.60. The lowest BCUT2D eigenvalue weighted by atomic mass is 9.75. The normalized spacial score (nSPS) is 17.9. The predicted octanol–water partition coefficient (Wildman–Crippen LogP) is 8.45. The zero-order valence-corrected chi connectivity index (χ0v) is 18.7. The van der Waals surface area contributed by atoms with Gasteiger partial charge in [0.1, 0.15) is 0 Å². The summed E-state index contributed by atoms with van der Waals surface area (Å²) in [5.74, 6) is -0.524. The van der Waals surface area contributed by atoms with Crippen LogP contribution in [-0.2, 0) is 12.4 Å². The average molecular weight is 495 g/mol. The average Bonchev–Trinajstić information content (AvgIpc) is 2.87. The molecule has 4 aromatic carbocycles. The highest BCUT2D eigenvalue weighted by Gasteiger charge is 2.38. The summed E-state index contributed by atoms with van der Waals surface area (Å²) in [6, 6.07) is 25.8. The van der Waals surface area contributed by atoms with E-state index >= 15 is 0 Å². The summed E-state index contributed by atoms with van der Waals surface area (Å²) in [4.78, 5) is 4.96. The van der Waals surface area contributed by atoms with Crippen LogP contribution in [0.25, 0.3) is 0 Å². The van der Waals surface area contributed by atoms with E-state index in [-0.39, 0.29) is 0 Å². The van der Waals surface area contributed by atoms with Gasteiger partial charge in [0.05, 0.1) is 22.9 Å². The molecule has 0 aromatic heterocycles. The van der Waals surface area contributed by atoms with Gasteiger partial charge in [-0.3, -0.25) is 4.99 Å². The quantitative estimate of drug-likeness (QED) is 0.253. The molecular weight excluding hydrogens is 476 g/mol. The first kappa shape index (κ1) is 23.9. The minimum absolute atomic E-state index is 0.355. The van der Waals surface area contributed by atoms with E-state index in [1.165, 1.54) is 18.2 Å². The van der Waals surface area contributed by atoms with Crippen molar-refractivity contribution in [1.82, 2.24) is 0 Å². The minimum atomic E-state index is -4.55. The van der Waals surface area contributed by atoms with Gasteiger partial charge in [0.15, 0.2) is 0 Å². The molecule has 0 spiro atoms. The molecular formula is C29H19F6N. The third-order valence-corrected chi connectivity index (χ3v) is 6.34. The number of hydrogen-bond donors (Lipinski definition) is 0. The van der Waals surface area contributed by atoms with Crippen molar-refractivity contribution in [3.05, 3.63) is 142 Å². The van der Waals surface area contributed by atoms with Crippen molar-refractivity contribution >= 4 is 5.71 Å². The number of nitrogens with zero attached hydrogens (tertiary/aromatic N) is 1. The van der Waals surface area contributed by atoms with Crippen LogP contribution >= 0.6 is 0 Å². The Kier molecular flexibility index (Phi) is 5.94. The van der Waals surface area contributed by atoms with Gasteiger partial charge in [0.25, 0.3) is 0 Å². The summed E-state index contributed by atoms with van der Waals surface area (Å²) < 4.78 is 80.7. The molecule has 0 bridgehead atoms. The van der Waals surface area contributed by atoms with Gasteiger partial charge in [0, 0.05) is 17.0 Å². The fourth-order valence-electron chi connectivity index (χ4n) is 4.65. The highest BCUT2D eigenvalue weighted by molar-refractivity contribution is 6.14. The maximum absolute atomic E-state index is 13.7. The summed E-state index contributed by atoms with van der Waals surface area (Å²) in [6.07, 6.45) is -9.06. The van der Waals surface area contributed by atoms with Gasteiger partial charge in [-0.15, -0.1) is 0 Å². The molecule has 5 rings (SSSR count). The first-order chi connectivity index (χ1) is 17.1. The molecule has 0 unspecified atom stereocenters. The van der Waals surface area contributed by atoms with Crippen molar-refractivity contribution in [2.24, 2.45) is 4.99 Å². The number of alkyl halides is 6. The van der Waals surface area contributed by atoms with Crippen LogP contribution in [-0.4, -0.2) is 5.71 Å². The largest absolute Gasteiger partial charge is 0.416 e. The standard InChI is InChI=1S/C29H19F6N/c30-28(31,32)21-13-11-20(12-14-21)26-23-16-15-22(29(33,34)35)17-24(23)25(18-7-3-1-4-8-18)27(36-26)19-9-5-2-6-10-19/h1-17,25,27H/t25-,27-/m0/s1. The number of fused-ring (bicyclic) bond motifs is 1. The molecule has 1 aliphatic rings. The van der Waals surface area contributed by atoms with Gasteiger partial charge in [-0.1, -0.05) is 78.9 Å². The van der Waals surface area contributed by atoms with Gasteiger partial charge < -0.3 is 0 Å². The molecule has 2 atom stereocenters. The van der Waals surface area contributed by atoms with Crippen LogP contribution in [0, 0.1) is 0 Å². The number of benzene rings is 4. The van der Waals surface area contributed by atoms with E-state index < -0.39 is 35.4 Å². The third-order valence-electron chi connectivity index (χ3n) is 6.34. The molecule has 1 nitrogen and oxygen atoms in total. The van der Waals surface area contributed by atoms with Crippen LogP contribution in [0.3, 0.4) is 0 Å². The second kappa shape index (κ2) is 8.97. The molecule has 182 valence electrons. The lowest BCUT2D eigenvalue weighted by Gasteiger charge is -2.33. The Hall–Kier alpha value is -3.87. The molecule has 0 fully saturated rings. The summed E-state index contributed by atoms with van der Waals surface area (Å²) >= 11 is 0. The van der Waals surface area contributed by atoms with Crippen LogP contribution in [0.2, 0.25) is 0 Å². The van der Waals surface area contributed by atoms with Crippen molar-refractivity contribution < 1.29 is 26.3 Å². The van der Waals surface area contributed by atoms with E-state index in [2.05, 4.69) is 0 Å². The van der Waals surface area contributed by atoms with E-state index in [4.69, 9.17) is 4.99 Å². The molecule has 0 N–H and O–H groups in total. The number of aliphatic imine (C=N–C) groups is 1. The van der Waals surface area contributed by atoms with Gasteiger partial charge in [-0.25, -0.2) is 0 Å². The zero-order chi connectivity index (χ0) is 25.5. The van der Waals surface area contributed by atoms with Gasteiger partial charge in [-0.05, 0) is 41.0 Å². The Balaban J connectivity index is 1.76. The van der Waals surface area contributed by atoms with Crippen LogP contribution in [0.15, 0.2) is 108 Å². The van der Waals surface area contributed by atoms with Crippen LogP contribution in [0.5, 0.6) is 0 Å². The minimum Gasteiger partial charge on any atom is -0.275 e. The van der Waals surface area contributed by atoms with Gasteiger partial charge in [-0.2, -0.15) is 26.3 Å². The maximum atomic E-state index is 13.7. The Morgan fingerprint density at radius 1 is 0.556 bits per heavy atom. The summed E-state index contributed by atoms with van der Waals surface area (Å²) in [7, 11) is 0. The molecule has 4 aromatic rings. The van der Waals surface area contributed by atoms with Crippen molar-refractivity contribution in [1.29, 1.82) is 0 Å². The van der Waals surface area contributed by atoms with Crippen LogP contribution < -0.4 is 0 Å². The molecule has 1 aliphatic heterocycles. The van der Waals surface area contributed by atoms with E-state index in [0.717, 1.165) is 35.4 Å². The molecule has 0 amide bonds. The van der Waals surface area contributed by atoms with Gasteiger partial charge in [0.2, 0.25) is 0 Å². The van der Waals surface area contributed by atoms with Crippen LogP contribution in [0.1, 0.15) is 50.9 Å². The summed E-state index contributed by atoms with van der Waals surface area (Å²) in [5.41, 5.74) is 1.63. The number of rotatable bonds is 3. The van der Waals surface area contributed by atoms with Crippen LogP contribution in [0.4, 0.5) is 26.3 Å². The molecule has 7 heteroatoms.